The van der Waals surface area contributed by atoms with Crippen LogP contribution in [0.3, 0.4) is 0 Å². The number of rotatable bonds is 1. The van der Waals surface area contributed by atoms with Gasteiger partial charge in [0.25, 0.3) is 0 Å². The van der Waals surface area contributed by atoms with Gasteiger partial charge in [-0.3, -0.25) is 0 Å². The molecule has 5 heteroatoms. The maximum atomic E-state index is 13.4. The molecule has 19 heavy (non-hydrogen) atoms. The Balaban J connectivity index is 2.54. The van der Waals surface area contributed by atoms with Crippen LogP contribution in [0.25, 0.3) is 11.1 Å². The zero-order valence-corrected chi connectivity index (χ0v) is 9.85. The first kappa shape index (κ1) is 13.5. The van der Waals surface area contributed by atoms with Crippen molar-refractivity contribution in [3.63, 3.8) is 0 Å². The normalized spacial score (nSPS) is 11.7. The summed E-state index contributed by atoms with van der Waals surface area (Å²) in [5, 5.41) is 0. The molecule has 0 spiro atoms. The molecule has 0 aliphatic rings. The first-order valence-electron chi connectivity index (χ1n) is 5.42. The van der Waals surface area contributed by atoms with Crippen molar-refractivity contribution in [3.8, 4) is 11.1 Å². The summed E-state index contributed by atoms with van der Waals surface area (Å²) >= 11 is 0. The van der Waals surface area contributed by atoms with Crippen LogP contribution < -0.4 is 0 Å². The van der Waals surface area contributed by atoms with Crippen molar-refractivity contribution in [3.05, 3.63) is 59.2 Å². The van der Waals surface area contributed by atoms with Crippen molar-refractivity contribution < 1.29 is 22.0 Å². The molecule has 2 aromatic carbocycles. The van der Waals surface area contributed by atoms with Crippen molar-refractivity contribution in [1.82, 2.24) is 0 Å². The van der Waals surface area contributed by atoms with Crippen LogP contribution in [0.2, 0.25) is 0 Å². The minimum absolute atomic E-state index is 0.0722. The molecule has 0 atom stereocenters. The molecule has 0 radical (unpaired) electrons. The molecule has 100 valence electrons. The maximum absolute atomic E-state index is 13.4. The van der Waals surface area contributed by atoms with E-state index in [0.29, 0.717) is 17.7 Å². The Morgan fingerprint density at radius 1 is 0.789 bits per heavy atom. The third-order valence-corrected chi connectivity index (χ3v) is 2.71. The number of benzene rings is 2. The summed E-state index contributed by atoms with van der Waals surface area (Å²) in [7, 11) is 0. The van der Waals surface area contributed by atoms with Crippen LogP contribution in [0.1, 0.15) is 11.1 Å². The Labute approximate surface area is 106 Å². The highest BCUT2D eigenvalue weighted by Crippen LogP contribution is 2.35. The smallest absolute Gasteiger partial charge is 0.206 e. The molecule has 0 unspecified atom stereocenters. The monoisotopic (exact) mass is 272 g/mol. The molecule has 0 bridgehead atoms. The SMILES string of the molecule is Cc1ccc(-c2cc(F)c(C(F)(F)F)c(F)c2)cc1. The standard InChI is InChI=1S/C14H9F5/c1-8-2-4-9(5-3-8)10-6-11(15)13(12(16)7-10)14(17,18)19/h2-7H,1H3. The van der Waals surface area contributed by atoms with Gasteiger partial charge in [-0.2, -0.15) is 13.2 Å². The van der Waals surface area contributed by atoms with Gasteiger partial charge in [0.15, 0.2) is 0 Å². The molecule has 0 heterocycles. The summed E-state index contributed by atoms with van der Waals surface area (Å²) < 4.78 is 64.1. The molecule has 0 aliphatic heterocycles. The van der Waals surface area contributed by atoms with Crippen molar-refractivity contribution in [2.24, 2.45) is 0 Å². The van der Waals surface area contributed by atoms with E-state index in [1.807, 2.05) is 6.92 Å². The van der Waals surface area contributed by atoms with E-state index < -0.39 is 23.4 Å². The number of alkyl halides is 3. The lowest BCUT2D eigenvalue weighted by atomic mass is 10.0. The second-order valence-electron chi connectivity index (χ2n) is 4.18. The van der Waals surface area contributed by atoms with Gasteiger partial charge >= 0.3 is 6.18 Å². The molecule has 0 nitrogen and oxygen atoms in total. The molecule has 0 saturated carbocycles. The maximum Gasteiger partial charge on any atom is 0.422 e. The van der Waals surface area contributed by atoms with E-state index in [0.717, 1.165) is 5.56 Å². The number of halogens is 5. The fourth-order valence-corrected chi connectivity index (χ4v) is 1.76. The van der Waals surface area contributed by atoms with E-state index in [9.17, 15) is 22.0 Å². The van der Waals surface area contributed by atoms with Gasteiger partial charge in [-0.15, -0.1) is 0 Å². The third-order valence-electron chi connectivity index (χ3n) is 2.71. The highest BCUT2D eigenvalue weighted by Gasteiger charge is 2.37. The Morgan fingerprint density at radius 2 is 1.26 bits per heavy atom. The average Bonchev–Trinajstić information content (AvgIpc) is 2.26. The van der Waals surface area contributed by atoms with Crippen LogP contribution in [-0.2, 0) is 6.18 Å². The topological polar surface area (TPSA) is 0 Å². The van der Waals surface area contributed by atoms with Gasteiger partial charge in [0.1, 0.15) is 17.2 Å². The van der Waals surface area contributed by atoms with Crippen LogP contribution >= 0.6 is 0 Å². The Kier molecular flexibility index (Phi) is 3.30. The van der Waals surface area contributed by atoms with E-state index in [-0.39, 0.29) is 5.56 Å². The van der Waals surface area contributed by atoms with E-state index in [2.05, 4.69) is 0 Å². The fraction of sp³-hybridized carbons (Fsp3) is 0.143. The second-order valence-corrected chi connectivity index (χ2v) is 4.18. The second kappa shape index (κ2) is 4.64. The quantitative estimate of drug-likeness (QED) is 0.644. The average molecular weight is 272 g/mol. The molecular formula is C14H9F5. The number of aryl methyl sites for hydroxylation is 1. The summed E-state index contributed by atoms with van der Waals surface area (Å²) in [4.78, 5) is 0. The highest BCUT2D eigenvalue weighted by atomic mass is 19.4. The van der Waals surface area contributed by atoms with Crippen LogP contribution in [0.5, 0.6) is 0 Å². The summed E-state index contributed by atoms with van der Waals surface area (Å²) in [6.07, 6.45) is -5.04. The number of hydrogen-bond acceptors (Lipinski definition) is 0. The Bertz CT molecular complexity index is 573. The van der Waals surface area contributed by atoms with Gasteiger partial charge in [0, 0.05) is 0 Å². The molecule has 0 aromatic heterocycles. The van der Waals surface area contributed by atoms with E-state index in [4.69, 9.17) is 0 Å². The van der Waals surface area contributed by atoms with E-state index in [1.54, 1.807) is 24.3 Å². The zero-order chi connectivity index (χ0) is 14.2. The van der Waals surface area contributed by atoms with E-state index in [1.165, 1.54) is 0 Å². The largest absolute Gasteiger partial charge is 0.422 e. The summed E-state index contributed by atoms with van der Waals surface area (Å²) in [5.41, 5.74) is -0.389. The van der Waals surface area contributed by atoms with Gasteiger partial charge in [0.05, 0.1) is 0 Å². The highest BCUT2D eigenvalue weighted by molar-refractivity contribution is 5.64. The molecule has 2 aromatic rings. The molecule has 0 fully saturated rings. The summed E-state index contributed by atoms with van der Waals surface area (Å²) in [6.45, 7) is 1.83. The van der Waals surface area contributed by atoms with Crippen LogP contribution in [-0.4, -0.2) is 0 Å². The molecule has 0 saturated heterocycles. The van der Waals surface area contributed by atoms with E-state index >= 15 is 0 Å². The first-order valence-corrected chi connectivity index (χ1v) is 5.42. The van der Waals surface area contributed by atoms with Gasteiger partial charge in [-0.25, -0.2) is 8.78 Å². The number of hydrogen-bond donors (Lipinski definition) is 0. The van der Waals surface area contributed by atoms with Gasteiger partial charge in [-0.05, 0) is 30.2 Å². The minimum Gasteiger partial charge on any atom is -0.206 e. The van der Waals surface area contributed by atoms with Gasteiger partial charge < -0.3 is 0 Å². The molecule has 2 rings (SSSR count). The van der Waals surface area contributed by atoms with Crippen molar-refractivity contribution in [2.45, 2.75) is 13.1 Å². The molecule has 0 N–H and O–H groups in total. The Morgan fingerprint density at radius 3 is 1.68 bits per heavy atom. The van der Waals surface area contributed by atoms with Crippen molar-refractivity contribution in [1.29, 1.82) is 0 Å². The molecular weight excluding hydrogens is 263 g/mol. The van der Waals surface area contributed by atoms with Crippen LogP contribution in [0.4, 0.5) is 22.0 Å². The van der Waals surface area contributed by atoms with Crippen molar-refractivity contribution in [2.75, 3.05) is 0 Å². The predicted octanol–water partition coefficient (Wildman–Crippen LogP) is 4.96. The molecule has 0 amide bonds. The fourth-order valence-electron chi connectivity index (χ4n) is 1.76. The molecule has 0 aliphatic carbocycles. The first-order chi connectivity index (χ1) is 8.79. The van der Waals surface area contributed by atoms with Crippen LogP contribution in [0, 0.1) is 18.6 Å². The lowest BCUT2D eigenvalue weighted by molar-refractivity contribution is -0.142. The lowest BCUT2D eigenvalue weighted by Gasteiger charge is -2.11. The van der Waals surface area contributed by atoms with Gasteiger partial charge in [0.2, 0.25) is 0 Å². The minimum atomic E-state index is -5.04. The summed E-state index contributed by atoms with van der Waals surface area (Å²) in [6, 6.07) is 7.99. The predicted molar refractivity (Wildman–Crippen MR) is 61.5 cm³/mol. The van der Waals surface area contributed by atoms with Crippen molar-refractivity contribution >= 4 is 0 Å². The summed E-state index contributed by atoms with van der Waals surface area (Å²) in [5.74, 6) is -3.22. The van der Waals surface area contributed by atoms with Gasteiger partial charge in [-0.1, -0.05) is 29.8 Å². The Hall–Kier alpha value is -1.91. The third kappa shape index (κ3) is 2.75. The van der Waals surface area contributed by atoms with Crippen LogP contribution in [0.15, 0.2) is 36.4 Å². The lowest BCUT2D eigenvalue weighted by Crippen LogP contribution is -2.11. The zero-order valence-electron chi connectivity index (χ0n) is 9.85.